The van der Waals surface area contributed by atoms with Gasteiger partial charge in [-0.15, -0.1) is 0 Å². The molecule has 0 saturated heterocycles. The Labute approximate surface area is 127 Å². The van der Waals surface area contributed by atoms with Gasteiger partial charge in [0.2, 0.25) is 0 Å². The molecule has 0 spiro atoms. The Morgan fingerprint density at radius 1 is 1.05 bits per heavy atom. The Balaban J connectivity index is 2.05. The molecule has 2 aromatic carbocycles. The minimum Gasteiger partial charge on any atom is -0.291 e. The van der Waals surface area contributed by atoms with Crippen LogP contribution in [0, 0.1) is 0 Å². The maximum atomic E-state index is 12.8. The number of halogens is 1. The second-order valence-electron chi connectivity index (χ2n) is 4.56. The van der Waals surface area contributed by atoms with Crippen LogP contribution in [0.2, 0.25) is 5.02 Å². The summed E-state index contributed by atoms with van der Waals surface area (Å²) in [6, 6.07) is 15.8. The van der Waals surface area contributed by atoms with E-state index < -0.39 is 6.04 Å². The summed E-state index contributed by atoms with van der Waals surface area (Å²) < 4.78 is 1.55. The van der Waals surface area contributed by atoms with E-state index in [2.05, 4.69) is 10.1 Å². The topological polar surface area (TPSA) is 47.8 Å². The predicted octanol–water partition coefficient (Wildman–Crippen LogP) is 3.40. The van der Waals surface area contributed by atoms with E-state index in [1.807, 2.05) is 30.3 Å². The van der Waals surface area contributed by atoms with E-state index in [1.165, 1.54) is 6.33 Å². The summed E-state index contributed by atoms with van der Waals surface area (Å²) in [6.07, 6.45) is 2.96. The molecule has 1 aromatic heterocycles. The SMILES string of the molecule is O=C(c1ccccc1)C(c1ccc(Cl)cc1)n1cncn1. The van der Waals surface area contributed by atoms with Crippen molar-refractivity contribution >= 4 is 17.4 Å². The van der Waals surface area contributed by atoms with Gasteiger partial charge in [-0.2, -0.15) is 5.10 Å². The van der Waals surface area contributed by atoms with Crippen molar-refractivity contribution in [3.8, 4) is 0 Å². The molecule has 0 bridgehead atoms. The largest absolute Gasteiger partial charge is 0.291 e. The number of rotatable bonds is 4. The van der Waals surface area contributed by atoms with Crippen LogP contribution in [0.25, 0.3) is 0 Å². The molecule has 1 unspecified atom stereocenters. The summed E-state index contributed by atoms with van der Waals surface area (Å²) >= 11 is 5.92. The minimum absolute atomic E-state index is 0.0385. The zero-order valence-corrected chi connectivity index (χ0v) is 11.8. The van der Waals surface area contributed by atoms with E-state index in [4.69, 9.17) is 11.6 Å². The van der Waals surface area contributed by atoms with Gasteiger partial charge in [-0.05, 0) is 17.7 Å². The lowest BCUT2D eigenvalue weighted by Gasteiger charge is -2.16. The summed E-state index contributed by atoms with van der Waals surface area (Å²) in [4.78, 5) is 16.7. The van der Waals surface area contributed by atoms with Crippen molar-refractivity contribution in [3.63, 3.8) is 0 Å². The van der Waals surface area contributed by atoms with Crippen LogP contribution >= 0.6 is 11.6 Å². The van der Waals surface area contributed by atoms with Gasteiger partial charge in [-0.3, -0.25) is 4.79 Å². The van der Waals surface area contributed by atoms with Crippen LogP contribution in [-0.2, 0) is 0 Å². The van der Waals surface area contributed by atoms with Gasteiger partial charge in [0.1, 0.15) is 18.7 Å². The van der Waals surface area contributed by atoms with Gasteiger partial charge in [0.15, 0.2) is 5.78 Å². The van der Waals surface area contributed by atoms with Gasteiger partial charge in [-0.1, -0.05) is 54.1 Å². The number of aromatic nitrogens is 3. The highest BCUT2D eigenvalue weighted by Crippen LogP contribution is 2.23. The van der Waals surface area contributed by atoms with E-state index in [0.717, 1.165) is 5.56 Å². The number of hydrogen-bond acceptors (Lipinski definition) is 3. The zero-order chi connectivity index (χ0) is 14.7. The molecular weight excluding hydrogens is 286 g/mol. The molecule has 0 aliphatic rings. The predicted molar refractivity (Wildman–Crippen MR) is 80.4 cm³/mol. The van der Waals surface area contributed by atoms with Crippen molar-refractivity contribution in [1.29, 1.82) is 0 Å². The number of hydrogen-bond donors (Lipinski definition) is 0. The maximum absolute atomic E-state index is 12.8. The molecule has 4 nitrogen and oxygen atoms in total. The molecule has 1 atom stereocenters. The molecule has 0 radical (unpaired) electrons. The van der Waals surface area contributed by atoms with E-state index in [0.29, 0.717) is 10.6 Å². The zero-order valence-electron chi connectivity index (χ0n) is 11.1. The Morgan fingerprint density at radius 3 is 2.38 bits per heavy atom. The van der Waals surface area contributed by atoms with Gasteiger partial charge in [0.05, 0.1) is 0 Å². The van der Waals surface area contributed by atoms with Crippen LogP contribution in [-0.4, -0.2) is 20.5 Å². The highest BCUT2D eigenvalue weighted by Gasteiger charge is 2.24. The highest BCUT2D eigenvalue weighted by molar-refractivity contribution is 6.30. The quantitative estimate of drug-likeness (QED) is 0.693. The Kier molecular flexibility index (Phi) is 3.79. The minimum atomic E-state index is -0.549. The summed E-state index contributed by atoms with van der Waals surface area (Å²) in [5.74, 6) is -0.0385. The molecule has 21 heavy (non-hydrogen) atoms. The molecule has 5 heteroatoms. The smallest absolute Gasteiger partial charge is 0.191 e. The third-order valence-corrected chi connectivity index (χ3v) is 3.45. The Hall–Kier alpha value is -2.46. The van der Waals surface area contributed by atoms with Gasteiger partial charge >= 0.3 is 0 Å². The number of ketones is 1. The highest BCUT2D eigenvalue weighted by atomic mass is 35.5. The van der Waals surface area contributed by atoms with Crippen LogP contribution in [0.5, 0.6) is 0 Å². The van der Waals surface area contributed by atoms with Crippen LogP contribution in [0.4, 0.5) is 0 Å². The fourth-order valence-corrected chi connectivity index (χ4v) is 2.31. The summed E-state index contributed by atoms with van der Waals surface area (Å²) in [7, 11) is 0. The number of benzene rings is 2. The monoisotopic (exact) mass is 297 g/mol. The molecule has 0 saturated carbocycles. The van der Waals surface area contributed by atoms with Crippen LogP contribution < -0.4 is 0 Å². The lowest BCUT2D eigenvalue weighted by Crippen LogP contribution is -2.21. The maximum Gasteiger partial charge on any atom is 0.191 e. The molecule has 1 heterocycles. The molecule has 0 aliphatic heterocycles. The summed E-state index contributed by atoms with van der Waals surface area (Å²) in [5, 5.41) is 4.74. The second-order valence-corrected chi connectivity index (χ2v) is 5.00. The molecule has 3 aromatic rings. The summed E-state index contributed by atoms with van der Waals surface area (Å²) in [5.41, 5.74) is 1.45. The average Bonchev–Trinajstić information content (AvgIpc) is 3.04. The number of carbonyl (C=O) groups excluding carboxylic acids is 1. The van der Waals surface area contributed by atoms with E-state index in [-0.39, 0.29) is 5.78 Å². The van der Waals surface area contributed by atoms with Gasteiger partial charge in [-0.25, -0.2) is 9.67 Å². The van der Waals surface area contributed by atoms with Crippen molar-refractivity contribution in [2.45, 2.75) is 6.04 Å². The lowest BCUT2D eigenvalue weighted by molar-refractivity contribution is 0.0939. The first-order valence-corrected chi connectivity index (χ1v) is 6.82. The molecule has 0 amide bonds. The molecule has 0 fully saturated rings. The van der Waals surface area contributed by atoms with Crippen molar-refractivity contribution in [2.75, 3.05) is 0 Å². The van der Waals surface area contributed by atoms with Crippen LogP contribution in [0.3, 0.4) is 0 Å². The first kappa shape index (κ1) is 13.5. The molecule has 0 N–H and O–H groups in total. The van der Waals surface area contributed by atoms with Crippen LogP contribution in [0.1, 0.15) is 22.0 Å². The van der Waals surface area contributed by atoms with E-state index in [1.54, 1.807) is 35.3 Å². The number of Topliss-reactive ketones (excluding diaryl/α,β-unsaturated/α-hetero) is 1. The van der Waals surface area contributed by atoms with Gasteiger partial charge < -0.3 is 0 Å². The molecule has 3 rings (SSSR count). The summed E-state index contributed by atoms with van der Waals surface area (Å²) in [6.45, 7) is 0. The van der Waals surface area contributed by atoms with Crippen molar-refractivity contribution in [2.24, 2.45) is 0 Å². The molecular formula is C16H12ClN3O. The van der Waals surface area contributed by atoms with Gasteiger partial charge in [0.25, 0.3) is 0 Å². The molecule has 0 aliphatic carbocycles. The van der Waals surface area contributed by atoms with Crippen molar-refractivity contribution < 1.29 is 4.79 Å². The third-order valence-electron chi connectivity index (χ3n) is 3.19. The fourth-order valence-electron chi connectivity index (χ4n) is 2.18. The fraction of sp³-hybridized carbons (Fsp3) is 0.0625. The van der Waals surface area contributed by atoms with Gasteiger partial charge in [0, 0.05) is 10.6 Å². The first-order chi connectivity index (χ1) is 10.3. The number of nitrogens with zero attached hydrogens (tertiary/aromatic N) is 3. The van der Waals surface area contributed by atoms with Crippen molar-refractivity contribution in [3.05, 3.63) is 83.4 Å². The lowest BCUT2D eigenvalue weighted by atomic mass is 9.97. The second kappa shape index (κ2) is 5.89. The average molecular weight is 298 g/mol. The normalized spacial score (nSPS) is 12.0. The van der Waals surface area contributed by atoms with Crippen molar-refractivity contribution in [1.82, 2.24) is 14.8 Å². The Bertz CT molecular complexity index is 724. The molecule has 104 valence electrons. The number of carbonyl (C=O) groups is 1. The van der Waals surface area contributed by atoms with E-state index >= 15 is 0 Å². The Morgan fingerprint density at radius 2 is 1.76 bits per heavy atom. The van der Waals surface area contributed by atoms with E-state index in [9.17, 15) is 4.79 Å². The first-order valence-electron chi connectivity index (χ1n) is 6.44. The van der Waals surface area contributed by atoms with Crippen LogP contribution in [0.15, 0.2) is 67.3 Å². The third kappa shape index (κ3) is 2.85. The standard InChI is InChI=1S/C16H12ClN3O/c17-14-8-6-12(7-9-14)15(20-11-18-10-19-20)16(21)13-4-2-1-3-5-13/h1-11,15H.